The SMILES string of the molecule is COc1ccc(CN2CCC(=CC3=C(C(=O)OC(c4ccccc4)c4ccccc4)N4C(=O)[C@@H](NC(=O)OC(C)(C)C)[C@H]4SC3)C2=O)cc1. The predicted molar refractivity (Wildman–Crippen MR) is 185 cm³/mol. The van der Waals surface area contributed by atoms with E-state index >= 15 is 0 Å². The van der Waals surface area contributed by atoms with Crippen molar-refractivity contribution in [2.24, 2.45) is 0 Å². The van der Waals surface area contributed by atoms with E-state index in [1.54, 1.807) is 38.9 Å². The highest BCUT2D eigenvalue weighted by Crippen LogP contribution is 2.42. The fourth-order valence-corrected chi connectivity index (χ4v) is 7.34. The molecule has 10 nitrogen and oxygen atoms in total. The molecule has 1 N–H and O–H groups in total. The van der Waals surface area contributed by atoms with E-state index in [9.17, 15) is 19.2 Å². The van der Waals surface area contributed by atoms with Gasteiger partial charge < -0.3 is 24.4 Å². The zero-order valence-corrected chi connectivity index (χ0v) is 28.7. The number of alkyl carbamates (subject to hydrolysis) is 1. The third-order valence-corrected chi connectivity index (χ3v) is 9.69. The maximum atomic E-state index is 14.3. The van der Waals surface area contributed by atoms with E-state index in [0.29, 0.717) is 36.4 Å². The molecule has 254 valence electrons. The first-order valence-electron chi connectivity index (χ1n) is 16.1. The highest BCUT2D eigenvalue weighted by Gasteiger charge is 2.55. The Balaban J connectivity index is 1.31. The van der Waals surface area contributed by atoms with Crippen LogP contribution in [0.1, 0.15) is 50.0 Å². The summed E-state index contributed by atoms with van der Waals surface area (Å²) in [5, 5.41) is 2.12. The minimum Gasteiger partial charge on any atom is -0.497 e. The number of benzene rings is 3. The molecule has 0 spiro atoms. The van der Waals surface area contributed by atoms with Gasteiger partial charge in [0.2, 0.25) is 5.91 Å². The first-order chi connectivity index (χ1) is 23.5. The normalized spacial score (nSPS) is 19.9. The van der Waals surface area contributed by atoms with Gasteiger partial charge in [0, 0.05) is 24.4 Å². The molecule has 2 saturated heterocycles. The van der Waals surface area contributed by atoms with Crippen molar-refractivity contribution in [3.63, 3.8) is 0 Å². The number of carbonyl (C=O) groups is 4. The number of nitrogens with one attached hydrogen (secondary N) is 1. The summed E-state index contributed by atoms with van der Waals surface area (Å²) < 4.78 is 16.9. The minimum absolute atomic E-state index is 0.0711. The number of allylic oxidation sites excluding steroid dienone is 1. The van der Waals surface area contributed by atoms with Gasteiger partial charge in [0.25, 0.3) is 5.91 Å². The van der Waals surface area contributed by atoms with Crippen molar-refractivity contribution in [3.8, 4) is 5.75 Å². The molecule has 0 radical (unpaired) electrons. The summed E-state index contributed by atoms with van der Waals surface area (Å²) in [6.07, 6.45) is 0.763. The van der Waals surface area contributed by atoms with Gasteiger partial charge in [-0.05, 0) is 67.7 Å². The number of methoxy groups -OCH3 is 1. The Morgan fingerprint density at radius 3 is 2.18 bits per heavy atom. The lowest BCUT2D eigenvalue weighted by atomic mass is 10.00. The molecule has 3 aliphatic heterocycles. The minimum atomic E-state index is -0.885. The Kier molecular flexibility index (Phi) is 9.82. The van der Waals surface area contributed by atoms with Crippen LogP contribution in [0.25, 0.3) is 0 Å². The number of esters is 1. The Labute approximate surface area is 290 Å². The van der Waals surface area contributed by atoms with Crippen molar-refractivity contribution < 1.29 is 33.4 Å². The second-order valence-corrected chi connectivity index (χ2v) is 14.1. The molecule has 3 heterocycles. The maximum Gasteiger partial charge on any atom is 0.408 e. The molecule has 3 aromatic rings. The summed E-state index contributed by atoms with van der Waals surface area (Å²) in [5.74, 6) is -0.223. The third kappa shape index (κ3) is 7.51. The maximum absolute atomic E-state index is 14.3. The average molecular weight is 682 g/mol. The van der Waals surface area contributed by atoms with Crippen LogP contribution in [-0.2, 0) is 30.4 Å². The molecule has 11 heteroatoms. The first-order valence-corrected chi connectivity index (χ1v) is 17.2. The Morgan fingerprint density at radius 2 is 1.59 bits per heavy atom. The van der Waals surface area contributed by atoms with Gasteiger partial charge in [0.1, 0.15) is 28.5 Å². The monoisotopic (exact) mass is 681 g/mol. The van der Waals surface area contributed by atoms with Gasteiger partial charge in [-0.2, -0.15) is 0 Å². The Bertz CT molecular complexity index is 1750. The summed E-state index contributed by atoms with van der Waals surface area (Å²) in [6.45, 7) is 6.18. The first kappa shape index (κ1) is 33.9. The van der Waals surface area contributed by atoms with Crippen molar-refractivity contribution in [2.45, 2.75) is 56.9 Å². The zero-order chi connectivity index (χ0) is 34.7. The number of thioether (sulfide) groups is 1. The number of rotatable bonds is 9. The van der Waals surface area contributed by atoms with E-state index < -0.39 is 41.1 Å². The topological polar surface area (TPSA) is 114 Å². The summed E-state index contributed by atoms with van der Waals surface area (Å²) >= 11 is 1.40. The number of amides is 3. The molecule has 0 saturated carbocycles. The van der Waals surface area contributed by atoms with Crippen molar-refractivity contribution in [2.75, 3.05) is 19.4 Å². The van der Waals surface area contributed by atoms with Gasteiger partial charge >= 0.3 is 12.1 Å². The summed E-state index contributed by atoms with van der Waals surface area (Å²) in [7, 11) is 1.61. The lowest BCUT2D eigenvalue weighted by molar-refractivity contribution is -0.153. The van der Waals surface area contributed by atoms with Crippen LogP contribution in [0.5, 0.6) is 5.75 Å². The van der Waals surface area contributed by atoms with E-state index in [2.05, 4.69) is 5.32 Å². The van der Waals surface area contributed by atoms with Crippen LogP contribution in [0, 0.1) is 0 Å². The number of nitrogens with zero attached hydrogens (tertiary/aromatic N) is 2. The highest BCUT2D eigenvalue weighted by atomic mass is 32.2. The lowest BCUT2D eigenvalue weighted by Gasteiger charge is -2.49. The van der Waals surface area contributed by atoms with E-state index in [0.717, 1.165) is 22.4 Å². The fraction of sp³-hybridized carbons (Fsp3) is 0.316. The van der Waals surface area contributed by atoms with Crippen molar-refractivity contribution in [1.29, 1.82) is 0 Å². The molecule has 3 aromatic carbocycles. The van der Waals surface area contributed by atoms with E-state index in [4.69, 9.17) is 14.2 Å². The molecule has 2 fully saturated rings. The largest absolute Gasteiger partial charge is 0.497 e. The van der Waals surface area contributed by atoms with Gasteiger partial charge in [0.15, 0.2) is 6.10 Å². The summed E-state index contributed by atoms with van der Waals surface area (Å²) in [5.41, 5.74) is 2.90. The number of carbonyl (C=O) groups excluding carboxylic acids is 4. The van der Waals surface area contributed by atoms with Crippen LogP contribution < -0.4 is 10.1 Å². The molecule has 3 aliphatic rings. The molecular formula is C38H39N3O7S. The smallest absolute Gasteiger partial charge is 0.408 e. The molecule has 49 heavy (non-hydrogen) atoms. The summed E-state index contributed by atoms with van der Waals surface area (Å²) in [4.78, 5) is 57.3. The van der Waals surface area contributed by atoms with Gasteiger partial charge in [0.05, 0.1) is 7.11 Å². The van der Waals surface area contributed by atoms with Crippen LogP contribution in [0.4, 0.5) is 4.79 Å². The molecule has 0 bridgehead atoms. The van der Waals surface area contributed by atoms with Crippen molar-refractivity contribution in [3.05, 3.63) is 125 Å². The average Bonchev–Trinajstić information content (AvgIpc) is 3.43. The Morgan fingerprint density at radius 1 is 0.959 bits per heavy atom. The molecule has 0 unspecified atom stereocenters. The van der Waals surface area contributed by atoms with E-state index in [1.807, 2.05) is 84.9 Å². The second-order valence-electron chi connectivity index (χ2n) is 13.0. The zero-order valence-electron chi connectivity index (χ0n) is 27.9. The second kappa shape index (κ2) is 14.2. The van der Waals surface area contributed by atoms with E-state index in [1.165, 1.54) is 16.7 Å². The number of ether oxygens (including phenoxy) is 3. The summed E-state index contributed by atoms with van der Waals surface area (Å²) in [6, 6.07) is 25.5. The third-order valence-electron chi connectivity index (χ3n) is 8.39. The van der Waals surface area contributed by atoms with Gasteiger partial charge in [-0.3, -0.25) is 14.5 Å². The standard InChI is InChI=1S/C38H39N3O7S/c1-38(2,3)48-37(45)39-30-34(43)41-31(36(44)47-32(25-11-7-5-8-12-25)26-13-9-6-10-14-26)28(23-49-35(30)41)21-27-19-20-40(33(27)42)22-24-15-17-29(46-4)18-16-24/h5-18,21,30,32,35H,19-20,22-23H2,1-4H3,(H,39,45)/t30-,35-/m1/s1. The van der Waals surface area contributed by atoms with Gasteiger partial charge in [-0.1, -0.05) is 72.8 Å². The highest BCUT2D eigenvalue weighted by molar-refractivity contribution is 8.00. The van der Waals surface area contributed by atoms with Crippen LogP contribution >= 0.6 is 11.8 Å². The molecular weight excluding hydrogens is 642 g/mol. The van der Waals surface area contributed by atoms with Crippen LogP contribution in [0.15, 0.2) is 108 Å². The van der Waals surface area contributed by atoms with E-state index in [-0.39, 0.29) is 11.6 Å². The predicted octanol–water partition coefficient (Wildman–Crippen LogP) is 5.75. The van der Waals surface area contributed by atoms with Crippen LogP contribution in [0.2, 0.25) is 0 Å². The van der Waals surface area contributed by atoms with Crippen LogP contribution in [0.3, 0.4) is 0 Å². The number of β-lactam (4-membered cyclic amide) rings is 1. The van der Waals surface area contributed by atoms with Crippen LogP contribution in [-0.4, -0.2) is 70.1 Å². The lowest BCUT2D eigenvalue weighted by Crippen LogP contribution is -2.70. The van der Waals surface area contributed by atoms with Gasteiger partial charge in [-0.15, -0.1) is 11.8 Å². The van der Waals surface area contributed by atoms with Gasteiger partial charge in [-0.25, -0.2) is 9.59 Å². The molecule has 3 amide bonds. The number of likely N-dealkylation sites (tertiary alicyclic amines) is 1. The number of hydrogen-bond acceptors (Lipinski definition) is 8. The molecule has 0 aliphatic carbocycles. The molecule has 2 atom stereocenters. The quantitative estimate of drug-likeness (QED) is 0.173. The van der Waals surface area contributed by atoms with Crippen molar-refractivity contribution >= 4 is 35.6 Å². The Hall–Kier alpha value is -5.03. The van der Waals surface area contributed by atoms with Crippen molar-refractivity contribution in [1.82, 2.24) is 15.1 Å². The fourth-order valence-electron chi connectivity index (χ4n) is 6.04. The number of hydrogen-bond donors (Lipinski definition) is 1. The molecule has 6 rings (SSSR count). The number of fused-ring (bicyclic) bond motifs is 1. The molecule has 0 aromatic heterocycles.